The SMILES string of the molecule is N#Cc1cccc(-c2nc(C(=O)O)sc2-c2cc(F)cc(Cl)c2)c1. The number of rotatable bonds is 3. The number of hydrogen-bond donors (Lipinski definition) is 1. The van der Waals surface area contributed by atoms with Crippen LogP contribution in [0.5, 0.6) is 0 Å². The van der Waals surface area contributed by atoms with E-state index in [9.17, 15) is 14.3 Å². The summed E-state index contributed by atoms with van der Waals surface area (Å²) in [6, 6.07) is 12.6. The molecule has 0 bridgehead atoms. The van der Waals surface area contributed by atoms with Crippen LogP contribution in [0.1, 0.15) is 15.4 Å². The number of halogens is 2. The van der Waals surface area contributed by atoms with Gasteiger partial charge in [0.2, 0.25) is 5.01 Å². The third-order valence-electron chi connectivity index (χ3n) is 3.20. The van der Waals surface area contributed by atoms with Crippen LogP contribution in [0.3, 0.4) is 0 Å². The van der Waals surface area contributed by atoms with Crippen molar-refractivity contribution in [2.24, 2.45) is 0 Å². The number of benzene rings is 2. The number of carbonyl (C=O) groups is 1. The third kappa shape index (κ3) is 3.13. The van der Waals surface area contributed by atoms with Crippen molar-refractivity contribution in [2.75, 3.05) is 0 Å². The van der Waals surface area contributed by atoms with Gasteiger partial charge in [-0.25, -0.2) is 14.2 Å². The fourth-order valence-corrected chi connectivity index (χ4v) is 3.36. The molecule has 0 saturated heterocycles. The third-order valence-corrected chi connectivity index (χ3v) is 4.51. The zero-order chi connectivity index (χ0) is 17.3. The van der Waals surface area contributed by atoms with Gasteiger partial charge in [0.25, 0.3) is 0 Å². The second-order valence-electron chi connectivity index (χ2n) is 4.85. The average molecular weight is 359 g/mol. The van der Waals surface area contributed by atoms with E-state index in [0.717, 1.165) is 11.3 Å². The average Bonchev–Trinajstić information content (AvgIpc) is 2.99. The molecule has 24 heavy (non-hydrogen) atoms. The summed E-state index contributed by atoms with van der Waals surface area (Å²) in [5.41, 5.74) is 1.80. The van der Waals surface area contributed by atoms with Crippen molar-refractivity contribution in [1.29, 1.82) is 5.26 Å². The van der Waals surface area contributed by atoms with E-state index in [4.69, 9.17) is 16.9 Å². The highest BCUT2D eigenvalue weighted by molar-refractivity contribution is 7.17. The van der Waals surface area contributed by atoms with Crippen LogP contribution in [0.25, 0.3) is 21.7 Å². The first kappa shape index (κ1) is 16.1. The number of hydrogen-bond acceptors (Lipinski definition) is 4. The van der Waals surface area contributed by atoms with Gasteiger partial charge < -0.3 is 5.11 Å². The molecule has 3 aromatic rings. The Hall–Kier alpha value is -2.75. The van der Waals surface area contributed by atoms with Gasteiger partial charge >= 0.3 is 5.97 Å². The largest absolute Gasteiger partial charge is 0.476 e. The molecule has 2 aromatic carbocycles. The predicted octanol–water partition coefficient (Wildman–Crippen LogP) is 4.84. The minimum atomic E-state index is -1.17. The Morgan fingerprint density at radius 1 is 1.25 bits per heavy atom. The van der Waals surface area contributed by atoms with E-state index < -0.39 is 11.8 Å². The predicted molar refractivity (Wildman–Crippen MR) is 89.6 cm³/mol. The van der Waals surface area contributed by atoms with E-state index in [0.29, 0.717) is 27.3 Å². The van der Waals surface area contributed by atoms with Crippen LogP contribution < -0.4 is 0 Å². The topological polar surface area (TPSA) is 74.0 Å². The summed E-state index contributed by atoms with van der Waals surface area (Å²) in [6.07, 6.45) is 0. The highest BCUT2D eigenvalue weighted by Crippen LogP contribution is 2.38. The Labute approximate surface area is 145 Å². The van der Waals surface area contributed by atoms with E-state index in [1.807, 2.05) is 6.07 Å². The molecule has 3 rings (SSSR count). The maximum absolute atomic E-state index is 13.7. The summed E-state index contributed by atoms with van der Waals surface area (Å²) < 4.78 is 13.7. The molecule has 0 aliphatic heterocycles. The molecule has 1 heterocycles. The Bertz CT molecular complexity index is 974. The van der Waals surface area contributed by atoms with Crippen LogP contribution in [-0.4, -0.2) is 16.1 Å². The van der Waals surface area contributed by atoms with Gasteiger partial charge in [-0.15, -0.1) is 11.3 Å². The molecule has 0 atom stereocenters. The van der Waals surface area contributed by atoms with Crippen LogP contribution >= 0.6 is 22.9 Å². The molecule has 0 fully saturated rings. The van der Waals surface area contributed by atoms with Gasteiger partial charge in [-0.1, -0.05) is 23.7 Å². The van der Waals surface area contributed by atoms with Gasteiger partial charge in [0.15, 0.2) is 0 Å². The van der Waals surface area contributed by atoms with Crippen molar-refractivity contribution >= 4 is 28.9 Å². The lowest BCUT2D eigenvalue weighted by Gasteiger charge is -2.04. The van der Waals surface area contributed by atoms with Crippen LogP contribution in [-0.2, 0) is 0 Å². The van der Waals surface area contributed by atoms with Crippen molar-refractivity contribution in [2.45, 2.75) is 0 Å². The molecule has 0 unspecified atom stereocenters. The Morgan fingerprint density at radius 2 is 2.04 bits per heavy atom. The van der Waals surface area contributed by atoms with E-state index in [-0.39, 0.29) is 10.0 Å². The van der Waals surface area contributed by atoms with Gasteiger partial charge in [0, 0.05) is 10.6 Å². The van der Waals surface area contributed by atoms with Crippen molar-refractivity contribution in [3.05, 3.63) is 63.9 Å². The molecule has 0 spiro atoms. The molecule has 1 N–H and O–H groups in total. The van der Waals surface area contributed by atoms with E-state index in [1.54, 1.807) is 30.3 Å². The van der Waals surface area contributed by atoms with Gasteiger partial charge in [0.1, 0.15) is 5.82 Å². The molecule has 7 heteroatoms. The number of carboxylic acids is 1. The van der Waals surface area contributed by atoms with Crippen LogP contribution in [0.4, 0.5) is 4.39 Å². The second-order valence-corrected chi connectivity index (χ2v) is 6.29. The Morgan fingerprint density at radius 3 is 2.71 bits per heavy atom. The zero-order valence-corrected chi connectivity index (χ0v) is 13.5. The van der Waals surface area contributed by atoms with E-state index in [2.05, 4.69) is 4.98 Å². The van der Waals surface area contributed by atoms with Crippen LogP contribution in [0.2, 0.25) is 5.02 Å². The first-order valence-corrected chi connectivity index (χ1v) is 7.88. The molecular formula is C17H8ClFN2O2S. The highest BCUT2D eigenvalue weighted by Gasteiger charge is 2.19. The summed E-state index contributed by atoms with van der Waals surface area (Å²) >= 11 is 6.83. The minimum absolute atomic E-state index is 0.122. The number of carboxylic acid groups (broad SMARTS) is 1. The fourth-order valence-electron chi connectivity index (χ4n) is 2.22. The van der Waals surface area contributed by atoms with Crippen molar-refractivity contribution in [3.63, 3.8) is 0 Å². The van der Waals surface area contributed by atoms with E-state index >= 15 is 0 Å². The Balaban J connectivity index is 2.25. The lowest BCUT2D eigenvalue weighted by molar-refractivity contribution is 0.0696. The summed E-state index contributed by atoms with van der Waals surface area (Å²) in [5, 5.41) is 18.3. The Kier molecular flexibility index (Phi) is 4.30. The van der Waals surface area contributed by atoms with Gasteiger partial charge in [-0.3, -0.25) is 0 Å². The maximum Gasteiger partial charge on any atom is 0.365 e. The summed E-state index contributed by atoms with van der Waals surface area (Å²) in [6.45, 7) is 0. The summed E-state index contributed by atoms with van der Waals surface area (Å²) in [7, 11) is 0. The summed E-state index contributed by atoms with van der Waals surface area (Å²) in [4.78, 5) is 15.9. The highest BCUT2D eigenvalue weighted by atomic mass is 35.5. The minimum Gasteiger partial charge on any atom is -0.476 e. The van der Waals surface area contributed by atoms with E-state index in [1.165, 1.54) is 12.1 Å². The lowest BCUT2D eigenvalue weighted by Crippen LogP contribution is -1.94. The monoisotopic (exact) mass is 358 g/mol. The molecule has 0 aliphatic carbocycles. The molecule has 0 aliphatic rings. The van der Waals surface area contributed by atoms with Crippen molar-refractivity contribution < 1.29 is 14.3 Å². The molecule has 0 amide bonds. The molecule has 0 radical (unpaired) electrons. The van der Waals surface area contributed by atoms with Crippen molar-refractivity contribution in [1.82, 2.24) is 4.98 Å². The smallest absolute Gasteiger partial charge is 0.365 e. The maximum atomic E-state index is 13.7. The number of nitriles is 1. The van der Waals surface area contributed by atoms with Crippen LogP contribution in [0.15, 0.2) is 42.5 Å². The van der Waals surface area contributed by atoms with Crippen LogP contribution in [0, 0.1) is 17.1 Å². The number of thiazole rings is 1. The molecular weight excluding hydrogens is 351 g/mol. The van der Waals surface area contributed by atoms with Gasteiger partial charge in [-0.05, 0) is 35.9 Å². The zero-order valence-electron chi connectivity index (χ0n) is 12.0. The normalized spacial score (nSPS) is 10.4. The molecule has 4 nitrogen and oxygen atoms in total. The number of nitrogens with zero attached hydrogens (tertiary/aromatic N) is 2. The second kappa shape index (κ2) is 6.40. The molecule has 1 aromatic heterocycles. The first-order valence-electron chi connectivity index (χ1n) is 6.69. The lowest BCUT2D eigenvalue weighted by atomic mass is 10.0. The quantitative estimate of drug-likeness (QED) is 0.727. The standard InChI is InChI=1S/C17H8ClFN2O2S/c18-12-5-11(6-13(19)7-12)15-14(21-16(24-15)17(22)23)10-3-1-2-9(4-10)8-20/h1-7H,(H,22,23). The number of aromatic carboxylic acids is 1. The fraction of sp³-hybridized carbons (Fsp3) is 0. The molecule has 0 saturated carbocycles. The van der Waals surface area contributed by atoms with Crippen molar-refractivity contribution in [3.8, 4) is 27.8 Å². The summed E-state index contributed by atoms with van der Waals surface area (Å²) in [5.74, 6) is -1.70. The number of aromatic nitrogens is 1. The molecule has 118 valence electrons. The first-order chi connectivity index (χ1) is 11.5. The van der Waals surface area contributed by atoms with Gasteiger partial charge in [-0.2, -0.15) is 5.26 Å². The van der Waals surface area contributed by atoms with Gasteiger partial charge in [0.05, 0.1) is 22.2 Å².